The van der Waals surface area contributed by atoms with Crippen LogP contribution in [0.2, 0.25) is 0 Å². The largest absolute Gasteiger partial charge is 0.464 e. The first-order chi connectivity index (χ1) is 23.2. The van der Waals surface area contributed by atoms with Crippen molar-refractivity contribution in [2.45, 2.75) is 76.7 Å². The molecule has 0 spiro atoms. The molecule has 6 atom stereocenters. The van der Waals surface area contributed by atoms with Gasteiger partial charge in [0.25, 0.3) is 0 Å². The van der Waals surface area contributed by atoms with Crippen molar-refractivity contribution in [1.29, 1.82) is 0 Å². The molecule has 1 aliphatic carbocycles. The summed E-state index contributed by atoms with van der Waals surface area (Å²) in [5, 5.41) is 18.4. The molecule has 0 radical (unpaired) electrons. The van der Waals surface area contributed by atoms with E-state index in [1.54, 1.807) is 24.3 Å². The maximum absolute atomic E-state index is 16.5. The lowest BCUT2D eigenvalue weighted by Gasteiger charge is -2.26. The number of halogens is 1. The Balaban J connectivity index is 1.26. The van der Waals surface area contributed by atoms with E-state index in [2.05, 4.69) is 25.4 Å². The van der Waals surface area contributed by atoms with Gasteiger partial charge in [-0.1, -0.05) is 63.1 Å². The predicted octanol–water partition coefficient (Wildman–Crippen LogP) is 4.51. The summed E-state index contributed by atoms with van der Waals surface area (Å²) in [5.74, 6) is 1.79. The average Bonchev–Trinajstić information content (AvgIpc) is 3.72. The van der Waals surface area contributed by atoms with Gasteiger partial charge < -0.3 is 30.2 Å². The summed E-state index contributed by atoms with van der Waals surface area (Å²) < 4.78 is 55.3. The van der Waals surface area contributed by atoms with Gasteiger partial charge in [-0.3, -0.25) is 13.9 Å². The lowest BCUT2D eigenvalue weighted by molar-refractivity contribution is -0.148. The molecule has 0 unspecified atom stereocenters. The second-order valence-corrected chi connectivity index (χ2v) is 15.1. The molecular formula is C33H39FN7O7P. The number of carbonyl (C=O) groups excluding carboxylic acids is 1. The molecule has 0 amide bonds. The van der Waals surface area contributed by atoms with Crippen molar-refractivity contribution < 1.29 is 37.4 Å². The van der Waals surface area contributed by atoms with E-state index in [1.807, 2.05) is 44.9 Å². The van der Waals surface area contributed by atoms with Crippen LogP contribution in [0.3, 0.4) is 0 Å². The minimum Gasteiger partial charge on any atom is -0.464 e. The van der Waals surface area contributed by atoms with Crippen molar-refractivity contribution in [2.24, 2.45) is 5.41 Å². The quantitative estimate of drug-likeness (QED) is 0.0923. The number of hydrogen-bond donors (Lipinski definition) is 4. The van der Waals surface area contributed by atoms with Crippen molar-refractivity contribution in [3.63, 3.8) is 0 Å². The molecule has 2 fully saturated rings. The first-order valence-electron chi connectivity index (χ1n) is 15.8. The van der Waals surface area contributed by atoms with E-state index >= 15 is 4.39 Å². The van der Waals surface area contributed by atoms with Crippen molar-refractivity contribution in [2.75, 3.05) is 24.3 Å². The number of alkyl halides is 1. The number of nitrogens with zero attached hydrogens (tertiary/aromatic N) is 4. The third-order valence-electron chi connectivity index (χ3n) is 8.01. The predicted molar refractivity (Wildman–Crippen MR) is 180 cm³/mol. The number of nitrogen functional groups attached to an aromatic ring is 1. The van der Waals surface area contributed by atoms with Gasteiger partial charge >= 0.3 is 13.7 Å². The molecule has 14 nitrogen and oxygen atoms in total. The fourth-order valence-electron chi connectivity index (χ4n) is 5.31. The summed E-state index contributed by atoms with van der Waals surface area (Å²) in [4.78, 5) is 25.7. The first-order valence-corrected chi connectivity index (χ1v) is 17.4. The second-order valence-electron chi connectivity index (χ2n) is 13.4. The molecule has 1 saturated carbocycles. The Bertz CT molecular complexity index is 1950. The normalized spacial score (nSPS) is 24.3. The molecule has 16 heteroatoms. The molecule has 1 saturated heterocycles. The third kappa shape index (κ3) is 7.34. The van der Waals surface area contributed by atoms with Crippen molar-refractivity contribution >= 4 is 47.4 Å². The highest BCUT2D eigenvalue weighted by molar-refractivity contribution is 7.52. The number of aliphatic hydroxyl groups excluding tert-OH is 1. The molecular weight excluding hydrogens is 656 g/mol. The van der Waals surface area contributed by atoms with E-state index in [0.29, 0.717) is 16.7 Å². The van der Waals surface area contributed by atoms with Crippen LogP contribution < -0.4 is 20.7 Å². The van der Waals surface area contributed by atoms with Gasteiger partial charge in [0.1, 0.15) is 24.0 Å². The van der Waals surface area contributed by atoms with E-state index in [-0.39, 0.29) is 35.4 Å². The van der Waals surface area contributed by atoms with E-state index in [0.717, 1.165) is 18.2 Å². The Labute approximate surface area is 282 Å². The summed E-state index contributed by atoms with van der Waals surface area (Å²) in [7, 11) is -4.47. The number of imidazole rings is 1. The van der Waals surface area contributed by atoms with E-state index in [9.17, 15) is 14.5 Å². The van der Waals surface area contributed by atoms with Crippen LogP contribution in [0.4, 0.5) is 16.2 Å². The number of nitrogens with one attached hydrogen (secondary N) is 2. The Morgan fingerprint density at radius 1 is 1.27 bits per heavy atom. The fourth-order valence-corrected chi connectivity index (χ4v) is 6.83. The number of aliphatic hydroxyl groups is 1. The topological polar surface area (TPSA) is 185 Å². The average molecular weight is 696 g/mol. The molecule has 1 aliphatic heterocycles. The molecule has 2 aliphatic rings. The Hall–Kier alpha value is -4.32. The molecule has 5 N–H and O–H groups in total. The second kappa shape index (κ2) is 13.2. The summed E-state index contributed by atoms with van der Waals surface area (Å²) >= 11 is 0. The zero-order valence-electron chi connectivity index (χ0n) is 27.5. The van der Waals surface area contributed by atoms with E-state index in [4.69, 9.17) is 30.7 Å². The van der Waals surface area contributed by atoms with Gasteiger partial charge in [-0.25, -0.2) is 13.9 Å². The minimum atomic E-state index is -4.47. The summed E-state index contributed by atoms with van der Waals surface area (Å²) in [6, 6.07) is 11.4. The highest BCUT2D eigenvalue weighted by Gasteiger charge is 2.58. The first kappa shape index (κ1) is 34.5. The maximum Gasteiger partial charge on any atom is 0.459 e. The number of aromatic nitrogens is 4. The smallest absolute Gasteiger partial charge is 0.459 e. The molecule has 0 bridgehead atoms. The minimum absolute atomic E-state index is 0.0891. The molecule has 2 aromatic carbocycles. The number of nitrogens with two attached hydrogens (primary N) is 1. The molecule has 4 aromatic rings. The molecule has 260 valence electrons. The number of hydrogen-bond acceptors (Lipinski definition) is 12. The number of esters is 1. The van der Waals surface area contributed by atoms with Crippen molar-refractivity contribution in [3.05, 3.63) is 48.8 Å². The van der Waals surface area contributed by atoms with Crippen LogP contribution in [-0.2, 0) is 23.4 Å². The number of ether oxygens (including phenoxy) is 2. The monoisotopic (exact) mass is 695 g/mol. The SMILES string of the molecule is C#C[C@@]1(F)[C@H](O)[C@@H](CO[P@@](=O)(N[C@H](C)C(=O)OCC(C)(C)C)Oc2cccc3ccccc23)O[C@H]1n1cnc2c(NC3CC3)nc(N)nc21. The fraction of sp³-hybridized carbons (Fsp3) is 0.455. The number of terminal acetylenes is 1. The maximum atomic E-state index is 16.5. The Morgan fingerprint density at radius 2 is 2.00 bits per heavy atom. The highest BCUT2D eigenvalue weighted by atomic mass is 31.2. The zero-order chi connectivity index (χ0) is 35.1. The lowest BCUT2D eigenvalue weighted by atomic mass is 9.97. The van der Waals surface area contributed by atoms with Crippen LogP contribution >= 0.6 is 7.75 Å². The molecule has 3 heterocycles. The van der Waals surface area contributed by atoms with Crippen molar-refractivity contribution in [3.8, 4) is 18.1 Å². The highest BCUT2D eigenvalue weighted by Crippen LogP contribution is 2.49. The summed E-state index contributed by atoms with van der Waals surface area (Å²) in [6.45, 7) is 6.59. The number of carbonyl (C=O) groups is 1. The van der Waals surface area contributed by atoms with Gasteiger partial charge in [0.15, 0.2) is 23.2 Å². The molecule has 6 rings (SSSR count). The molecule has 49 heavy (non-hydrogen) atoms. The van der Waals surface area contributed by atoms with Gasteiger partial charge in [0, 0.05) is 11.4 Å². The Morgan fingerprint density at radius 3 is 2.71 bits per heavy atom. The Kier molecular flexibility index (Phi) is 9.29. The third-order valence-corrected chi connectivity index (χ3v) is 9.64. The summed E-state index contributed by atoms with van der Waals surface area (Å²) in [5.41, 5.74) is 3.28. The summed E-state index contributed by atoms with van der Waals surface area (Å²) in [6.07, 6.45) is 3.77. The van der Waals surface area contributed by atoms with E-state index in [1.165, 1.54) is 17.8 Å². The van der Waals surface area contributed by atoms with E-state index < -0.39 is 50.5 Å². The van der Waals surface area contributed by atoms with Crippen LogP contribution in [0.1, 0.15) is 46.8 Å². The van der Waals surface area contributed by atoms with Crippen LogP contribution in [0, 0.1) is 17.8 Å². The van der Waals surface area contributed by atoms with Gasteiger partial charge in [-0.05, 0) is 36.6 Å². The number of benzene rings is 2. The van der Waals surface area contributed by atoms with Gasteiger partial charge in [-0.15, -0.1) is 6.42 Å². The lowest BCUT2D eigenvalue weighted by Crippen LogP contribution is -2.42. The van der Waals surface area contributed by atoms with Crippen LogP contribution in [0.25, 0.3) is 21.9 Å². The number of anilines is 2. The van der Waals surface area contributed by atoms with Gasteiger partial charge in [-0.2, -0.15) is 15.1 Å². The van der Waals surface area contributed by atoms with Crippen LogP contribution in [0.5, 0.6) is 5.75 Å². The van der Waals surface area contributed by atoms with Gasteiger partial charge in [0.2, 0.25) is 11.6 Å². The zero-order valence-corrected chi connectivity index (χ0v) is 28.4. The molecule has 2 aromatic heterocycles. The van der Waals surface area contributed by atoms with Crippen molar-refractivity contribution in [1.82, 2.24) is 24.6 Å². The number of fused-ring (bicyclic) bond motifs is 2. The number of rotatable bonds is 12. The standard InChI is InChI=1S/C33H39FN7O7P/c1-6-33(34)26(42)24(47-30(33)41-18-36-25-27(37-21-14-15-21)38-31(35)39-28(25)41)16-46-49(44,40-19(2)29(43)45-17-32(3,4)5)48-23-13-9-11-20-10-7-8-12-22(20)23/h1,7-13,18-19,21,24,26,30,42H,14-17H2,2-5H3,(H,40,44)(H3,35,37,38,39)/t19-,24-,26-,30-,33-,49+/m1/s1. The van der Waals surface area contributed by atoms with Crippen LogP contribution in [0.15, 0.2) is 48.8 Å². The van der Waals surface area contributed by atoms with Crippen LogP contribution in [-0.4, -0.2) is 73.8 Å². The van der Waals surface area contributed by atoms with Gasteiger partial charge in [0.05, 0.1) is 19.5 Å².